The van der Waals surface area contributed by atoms with E-state index in [4.69, 9.17) is 4.74 Å². The number of rotatable bonds is 11. The van der Waals surface area contributed by atoms with E-state index in [0.29, 0.717) is 19.6 Å². The highest BCUT2D eigenvalue weighted by atomic mass is 16.5. The summed E-state index contributed by atoms with van der Waals surface area (Å²) in [6, 6.07) is 0. The van der Waals surface area contributed by atoms with Crippen molar-refractivity contribution in [2.24, 2.45) is 12.0 Å². The predicted octanol–water partition coefficient (Wildman–Crippen LogP) is 1.38. The summed E-state index contributed by atoms with van der Waals surface area (Å²) in [6.45, 7) is 6.48. The molecule has 0 atom stereocenters. The molecule has 0 fully saturated rings. The van der Waals surface area contributed by atoms with E-state index in [1.807, 2.05) is 20.9 Å². The van der Waals surface area contributed by atoms with Crippen LogP contribution in [0.1, 0.15) is 51.8 Å². The van der Waals surface area contributed by atoms with E-state index in [1.54, 1.807) is 4.68 Å². The van der Waals surface area contributed by atoms with Gasteiger partial charge in [0.05, 0.1) is 6.61 Å². The minimum absolute atomic E-state index is 0.0963. The zero-order valence-corrected chi connectivity index (χ0v) is 15.0. The maximum atomic E-state index is 11.2. The lowest BCUT2D eigenvalue weighted by Gasteiger charge is -2.11. The van der Waals surface area contributed by atoms with Crippen LogP contribution < -0.4 is 10.6 Å². The molecule has 0 unspecified atom stereocenters. The summed E-state index contributed by atoms with van der Waals surface area (Å²) in [4.78, 5) is 19.9. The van der Waals surface area contributed by atoms with Crippen molar-refractivity contribution in [3.63, 3.8) is 0 Å². The van der Waals surface area contributed by atoms with E-state index < -0.39 is 0 Å². The van der Waals surface area contributed by atoms with Gasteiger partial charge in [0.25, 0.3) is 0 Å². The van der Waals surface area contributed by atoms with Crippen LogP contribution in [0.4, 0.5) is 0 Å². The Kier molecular flexibility index (Phi) is 10.2. The second-order valence-corrected chi connectivity index (χ2v) is 5.39. The van der Waals surface area contributed by atoms with Crippen molar-refractivity contribution in [3.05, 3.63) is 12.2 Å². The number of hydrogen-bond acceptors (Lipinski definition) is 5. The molecule has 0 saturated carbocycles. The molecule has 8 heteroatoms. The largest absolute Gasteiger partial charge is 0.466 e. The lowest BCUT2D eigenvalue weighted by molar-refractivity contribution is -0.143. The lowest BCUT2D eigenvalue weighted by Crippen LogP contribution is -2.37. The number of ether oxygens (including phenoxy) is 1. The van der Waals surface area contributed by atoms with Gasteiger partial charge in [0.15, 0.2) is 5.96 Å². The van der Waals surface area contributed by atoms with Gasteiger partial charge < -0.3 is 15.4 Å². The molecular formula is C16H30N6O2. The Bertz CT molecular complexity index is 501. The van der Waals surface area contributed by atoms with Crippen molar-refractivity contribution >= 4 is 11.9 Å². The molecule has 136 valence electrons. The van der Waals surface area contributed by atoms with Gasteiger partial charge in [-0.1, -0.05) is 12.8 Å². The zero-order valence-electron chi connectivity index (χ0n) is 15.0. The van der Waals surface area contributed by atoms with Gasteiger partial charge in [-0.05, 0) is 26.7 Å². The fourth-order valence-electron chi connectivity index (χ4n) is 2.14. The molecule has 1 aromatic rings. The van der Waals surface area contributed by atoms with Crippen molar-refractivity contribution in [3.8, 4) is 0 Å². The van der Waals surface area contributed by atoms with Crippen molar-refractivity contribution in [2.45, 2.75) is 52.5 Å². The van der Waals surface area contributed by atoms with E-state index in [0.717, 1.165) is 50.6 Å². The second-order valence-electron chi connectivity index (χ2n) is 5.39. The maximum Gasteiger partial charge on any atom is 0.305 e. The molecule has 0 aliphatic heterocycles. The maximum absolute atomic E-state index is 11.2. The smallest absolute Gasteiger partial charge is 0.305 e. The number of nitrogens with zero attached hydrogens (tertiary/aromatic N) is 4. The summed E-state index contributed by atoms with van der Waals surface area (Å²) in [5.41, 5.74) is 0. The first-order valence-electron chi connectivity index (χ1n) is 8.68. The molecule has 0 amide bonds. The number of guanidine groups is 1. The first-order valence-corrected chi connectivity index (χ1v) is 8.68. The Morgan fingerprint density at radius 2 is 2.04 bits per heavy atom. The van der Waals surface area contributed by atoms with Crippen molar-refractivity contribution < 1.29 is 9.53 Å². The van der Waals surface area contributed by atoms with Gasteiger partial charge in [0.2, 0.25) is 0 Å². The average Bonchev–Trinajstić information content (AvgIpc) is 2.97. The Morgan fingerprint density at radius 1 is 1.25 bits per heavy atom. The Hall–Kier alpha value is -2.12. The minimum Gasteiger partial charge on any atom is -0.466 e. The summed E-state index contributed by atoms with van der Waals surface area (Å²) in [5.74, 6) is 1.51. The topological polar surface area (TPSA) is 93.4 Å². The monoisotopic (exact) mass is 338 g/mol. The van der Waals surface area contributed by atoms with Crippen LogP contribution in [-0.4, -0.2) is 46.4 Å². The number of aryl methyl sites for hydroxylation is 1. The fraction of sp³-hybridized carbons (Fsp3) is 0.750. The van der Waals surface area contributed by atoms with Crippen LogP contribution in [0.5, 0.6) is 0 Å². The Balaban J connectivity index is 2.17. The molecule has 0 aromatic carbocycles. The van der Waals surface area contributed by atoms with E-state index in [2.05, 4.69) is 25.7 Å². The third-order valence-corrected chi connectivity index (χ3v) is 3.43. The van der Waals surface area contributed by atoms with Gasteiger partial charge >= 0.3 is 5.97 Å². The summed E-state index contributed by atoms with van der Waals surface area (Å²) < 4.78 is 6.63. The van der Waals surface area contributed by atoms with E-state index in [9.17, 15) is 4.79 Å². The number of esters is 1. The van der Waals surface area contributed by atoms with Gasteiger partial charge in [-0.25, -0.2) is 9.98 Å². The Morgan fingerprint density at radius 3 is 2.71 bits per heavy atom. The van der Waals surface area contributed by atoms with Gasteiger partial charge in [0.1, 0.15) is 18.7 Å². The average molecular weight is 338 g/mol. The molecule has 0 spiro atoms. The lowest BCUT2D eigenvalue weighted by atomic mass is 10.1. The number of hydrogen-bond donors (Lipinski definition) is 2. The summed E-state index contributed by atoms with van der Waals surface area (Å²) in [6.07, 6.45) is 6.09. The first-order chi connectivity index (χ1) is 11.7. The number of carbonyl (C=O) groups is 1. The zero-order chi connectivity index (χ0) is 17.6. The van der Waals surface area contributed by atoms with Gasteiger partial charge in [0, 0.05) is 26.6 Å². The molecule has 0 saturated heterocycles. The third-order valence-electron chi connectivity index (χ3n) is 3.43. The van der Waals surface area contributed by atoms with Crippen LogP contribution in [0.2, 0.25) is 0 Å². The Labute approximate surface area is 144 Å². The molecular weight excluding hydrogens is 308 g/mol. The summed E-state index contributed by atoms with van der Waals surface area (Å²) in [5, 5.41) is 10.6. The number of aliphatic imine (C=N–C) groups is 1. The molecule has 2 N–H and O–H groups in total. The van der Waals surface area contributed by atoms with Gasteiger partial charge in [-0.15, -0.1) is 0 Å². The van der Waals surface area contributed by atoms with E-state index in [-0.39, 0.29) is 5.97 Å². The van der Waals surface area contributed by atoms with Gasteiger partial charge in [-0.3, -0.25) is 9.48 Å². The second kappa shape index (κ2) is 12.3. The van der Waals surface area contributed by atoms with Crippen LogP contribution >= 0.6 is 0 Å². The molecule has 0 aliphatic carbocycles. The molecule has 24 heavy (non-hydrogen) atoms. The van der Waals surface area contributed by atoms with E-state index in [1.165, 1.54) is 6.33 Å². The molecule has 1 rings (SSSR count). The summed E-state index contributed by atoms with van der Waals surface area (Å²) >= 11 is 0. The molecule has 0 aliphatic rings. The quantitative estimate of drug-likeness (QED) is 0.274. The number of aromatic nitrogens is 3. The van der Waals surface area contributed by atoms with Crippen LogP contribution in [0.25, 0.3) is 0 Å². The standard InChI is InChI=1S/C16H30N6O2/c1-4-17-16(19-12-14-20-13-21-22(14)3)18-11-9-7-6-8-10-15(23)24-5-2/h13H,4-12H2,1-3H3,(H2,17,18,19). The summed E-state index contributed by atoms with van der Waals surface area (Å²) in [7, 11) is 1.86. The van der Waals surface area contributed by atoms with Gasteiger partial charge in [-0.2, -0.15) is 5.10 Å². The highest BCUT2D eigenvalue weighted by molar-refractivity contribution is 5.79. The minimum atomic E-state index is -0.0963. The normalized spacial score (nSPS) is 11.4. The molecule has 1 heterocycles. The molecule has 0 radical (unpaired) electrons. The van der Waals surface area contributed by atoms with Crippen molar-refractivity contribution in [2.75, 3.05) is 19.7 Å². The van der Waals surface area contributed by atoms with Crippen molar-refractivity contribution in [1.29, 1.82) is 0 Å². The van der Waals surface area contributed by atoms with Crippen LogP contribution in [0.15, 0.2) is 11.3 Å². The highest BCUT2D eigenvalue weighted by Crippen LogP contribution is 2.03. The third kappa shape index (κ3) is 8.50. The molecule has 8 nitrogen and oxygen atoms in total. The van der Waals surface area contributed by atoms with Crippen LogP contribution in [-0.2, 0) is 23.1 Å². The predicted molar refractivity (Wildman–Crippen MR) is 93.5 cm³/mol. The fourth-order valence-corrected chi connectivity index (χ4v) is 2.14. The molecule has 0 bridgehead atoms. The number of carbonyl (C=O) groups excluding carboxylic acids is 1. The van der Waals surface area contributed by atoms with Crippen LogP contribution in [0, 0.1) is 0 Å². The number of nitrogens with one attached hydrogen (secondary N) is 2. The number of unbranched alkanes of at least 4 members (excludes halogenated alkanes) is 3. The van der Waals surface area contributed by atoms with Crippen molar-refractivity contribution in [1.82, 2.24) is 25.4 Å². The molecule has 1 aromatic heterocycles. The SMILES string of the molecule is CCNC(=NCc1ncnn1C)NCCCCCCC(=O)OCC. The van der Waals surface area contributed by atoms with Crippen LogP contribution in [0.3, 0.4) is 0 Å². The van der Waals surface area contributed by atoms with E-state index >= 15 is 0 Å². The highest BCUT2D eigenvalue weighted by Gasteiger charge is 2.02. The first kappa shape index (κ1) is 19.9.